The van der Waals surface area contributed by atoms with E-state index in [9.17, 15) is 9.90 Å². The molecular formula is C19H24N2O4. The Bertz CT molecular complexity index is 715. The minimum absolute atomic E-state index is 0.100. The number of hydrogen-bond acceptors (Lipinski definition) is 5. The van der Waals surface area contributed by atoms with Gasteiger partial charge in [-0.25, -0.2) is 0 Å². The van der Waals surface area contributed by atoms with Gasteiger partial charge in [0.05, 0.1) is 17.4 Å². The average Bonchev–Trinajstić information content (AvgIpc) is 3.40. The maximum atomic E-state index is 12.4. The summed E-state index contributed by atoms with van der Waals surface area (Å²) in [7, 11) is 1.72. The normalized spacial score (nSPS) is 15.0. The number of carbonyl (C=O) groups excluding carboxylic acids is 1. The van der Waals surface area contributed by atoms with Gasteiger partial charge in [0.25, 0.3) is 5.91 Å². The van der Waals surface area contributed by atoms with Crippen LogP contribution in [0.25, 0.3) is 0 Å². The van der Waals surface area contributed by atoms with Gasteiger partial charge in [0.2, 0.25) is 0 Å². The number of ether oxygens (including phenoxy) is 1. The van der Waals surface area contributed by atoms with Crippen LogP contribution in [0.4, 0.5) is 0 Å². The Morgan fingerprint density at radius 3 is 2.60 bits per heavy atom. The molecule has 0 radical (unpaired) electrons. The average molecular weight is 344 g/mol. The highest BCUT2D eigenvalue weighted by Gasteiger charge is 2.31. The molecule has 134 valence electrons. The van der Waals surface area contributed by atoms with Crippen molar-refractivity contribution in [2.24, 2.45) is 5.92 Å². The fourth-order valence-electron chi connectivity index (χ4n) is 2.77. The second-order valence-electron chi connectivity index (χ2n) is 6.71. The first-order valence-electron chi connectivity index (χ1n) is 8.54. The number of likely N-dealkylation sites (N-methyl/N-ethyl adjacent to an activating group) is 1. The van der Waals surface area contributed by atoms with Crippen LogP contribution in [0.2, 0.25) is 0 Å². The number of carbonyl (C=O) groups is 1. The minimum atomic E-state index is -0.424. The van der Waals surface area contributed by atoms with Gasteiger partial charge in [-0.05, 0) is 56.9 Å². The van der Waals surface area contributed by atoms with Crippen LogP contribution in [0.3, 0.4) is 0 Å². The molecule has 2 aromatic rings. The molecule has 1 aliphatic carbocycles. The van der Waals surface area contributed by atoms with Crippen molar-refractivity contribution in [3.05, 3.63) is 46.8 Å². The molecule has 0 saturated heterocycles. The van der Waals surface area contributed by atoms with Crippen molar-refractivity contribution in [3.63, 3.8) is 0 Å². The summed E-state index contributed by atoms with van der Waals surface area (Å²) in [6, 6.07) is 7.03. The number of aliphatic hydroxyl groups is 1. The predicted octanol–water partition coefficient (Wildman–Crippen LogP) is 2.71. The van der Waals surface area contributed by atoms with Gasteiger partial charge in [-0.2, -0.15) is 0 Å². The summed E-state index contributed by atoms with van der Waals surface area (Å²) in [5.41, 5.74) is 2.34. The van der Waals surface area contributed by atoms with Crippen molar-refractivity contribution < 1.29 is 19.2 Å². The van der Waals surface area contributed by atoms with Gasteiger partial charge in [-0.3, -0.25) is 4.79 Å². The van der Waals surface area contributed by atoms with Crippen LogP contribution >= 0.6 is 0 Å². The highest BCUT2D eigenvalue weighted by molar-refractivity contribution is 5.94. The lowest BCUT2D eigenvalue weighted by molar-refractivity contribution is 0.0645. The molecule has 3 rings (SSSR count). The summed E-state index contributed by atoms with van der Waals surface area (Å²) >= 11 is 0. The van der Waals surface area contributed by atoms with Gasteiger partial charge in [0.1, 0.15) is 18.1 Å². The van der Waals surface area contributed by atoms with Gasteiger partial charge in [-0.15, -0.1) is 0 Å². The molecule has 1 N–H and O–H groups in total. The maximum absolute atomic E-state index is 12.4. The van der Waals surface area contributed by atoms with E-state index < -0.39 is 6.10 Å². The first-order chi connectivity index (χ1) is 12.0. The van der Waals surface area contributed by atoms with Gasteiger partial charge in [-0.1, -0.05) is 5.16 Å². The molecular weight excluding hydrogens is 320 g/mol. The van der Waals surface area contributed by atoms with E-state index in [0.717, 1.165) is 29.9 Å². The third-order valence-electron chi connectivity index (χ3n) is 4.64. The number of aryl methyl sites for hydroxylation is 2. The summed E-state index contributed by atoms with van der Waals surface area (Å²) in [6.07, 6.45) is 1.69. The summed E-state index contributed by atoms with van der Waals surface area (Å²) in [5, 5.41) is 13.9. The maximum Gasteiger partial charge on any atom is 0.253 e. The van der Waals surface area contributed by atoms with Crippen LogP contribution in [0.15, 0.2) is 28.8 Å². The van der Waals surface area contributed by atoms with E-state index in [1.807, 2.05) is 13.8 Å². The topological polar surface area (TPSA) is 75.8 Å². The molecule has 1 heterocycles. The summed E-state index contributed by atoms with van der Waals surface area (Å²) in [6.45, 7) is 4.48. The molecule has 0 aliphatic heterocycles. The second kappa shape index (κ2) is 7.27. The summed E-state index contributed by atoms with van der Waals surface area (Å²) in [5.74, 6) is 1.68. The largest absolute Gasteiger partial charge is 0.489 e. The summed E-state index contributed by atoms with van der Waals surface area (Å²) in [4.78, 5) is 14.0. The molecule has 6 nitrogen and oxygen atoms in total. The molecule has 1 amide bonds. The van der Waals surface area contributed by atoms with Crippen molar-refractivity contribution in [2.45, 2.75) is 39.4 Å². The van der Waals surface area contributed by atoms with Crippen LogP contribution in [-0.2, 0) is 6.61 Å². The quantitative estimate of drug-likeness (QED) is 0.836. The smallest absolute Gasteiger partial charge is 0.253 e. The number of benzene rings is 1. The number of nitrogens with zero attached hydrogens (tertiary/aromatic N) is 2. The van der Waals surface area contributed by atoms with E-state index in [4.69, 9.17) is 9.26 Å². The summed E-state index contributed by atoms with van der Waals surface area (Å²) < 4.78 is 10.9. The van der Waals surface area contributed by atoms with Gasteiger partial charge < -0.3 is 19.3 Å². The standard InChI is InChI=1S/C19H24N2O4/c1-12-17(13(2)25-20-12)11-24-16-8-6-15(7-9-16)19(23)21(3)10-18(22)14-4-5-14/h6-9,14,18,22H,4-5,10-11H2,1-3H3. The van der Waals surface area contributed by atoms with E-state index in [2.05, 4.69) is 5.16 Å². The van der Waals surface area contributed by atoms with Crippen LogP contribution in [-0.4, -0.2) is 40.8 Å². The Morgan fingerprint density at radius 2 is 2.04 bits per heavy atom. The zero-order chi connectivity index (χ0) is 18.0. The van der Waals surface area contributed by atoms with Crippen molar-refractivity contribution in [3.8, 4) is 5.75 Å². The van der Waals surface area contributed by atoms with Crippen LogP contribution < -0.4 is 4.74 Å². The lowest BCUT2D eigenvalue weighted by Gasteiger charge is -2.21. The Hall–Kier alpha value is -2.34. The van der Waals surface area contributed by atoms with E-state index in [1.165, 1.54) is 0 Å². The van der Waals surface area contributed by atoms with E-state index in [0.29, 0.717) is 30.4 Å². The number of rotatable bonds is 7. The number of aromatic nitrogens is 1. The fourth-order valence-corrected chi connectivity index (χ4v) is 2.77. The zero-order valence-electron chi connectivity index (χ0n) is 14.9. The Labute approximate surface area is 147 Å². The van der Waals surface area contributed by atoms with Crippen molar-refractivity contribution >= 4 is 5.91 Å². The molecule has 6 heteroatoms. The molecule has 1 aliphatic rings. The molecule has 1 aromatic heterocycles. The van der Waals surface area contributed by atoms with Crippen LogP contribution in [0, 0.1) is 19.8 Å². The highest BCUT2D eigenvalue weighted by atomic mass is 16.5. The highest BCUT2D eigenvalue weighted by Crippen LogP contribution is 2.32. The second-order valence-corrected chi connectivity index (χ2v) is 6.71. The monoisotopic (exact) mass is 344 g/mol. The Kier molecular flexibility index (Phi) is 5.08. The number of amides is 1. The lowest BCUT2D eigenvalue weighted by Crippen LogP contribution is -2.35. The molecule has 1 unspecified atom stereocenters. The number of aliphatic hydroxyl groups excluding tert-OH is 1. The molecule has 1 atom stereocenters. The molecule has 25 heavy (non-hydrogen) atoms. The van der Waals surface area contributed by atoms with Gasteiger partial charge in [0.15, 0.2) is 0 Å². The lowest BCUT2D eigenvalue weighted by atomic mass is 10.1. The first kappa shape index (κ1) is 17.5. The minimum Gasteiger partial charge on any atom is -0.489 e. The van der Waals surface area contributed by atoms with E-state index in [1.54, 1.807) is 36.2 Å². The Morgan fingerprint density at radius 1 is 1.36 bits per heavy atom. The van der Waals surface area contributed by atoms with Crippen LogP contribution in [0.1, 0.15) is 40.2 Å². The predicted molar refractivity (Wildman–Crippen MR) is 92.4 cm³/mol. The SMILES string of the molecule is Cc1noc(C)c1COc1ccc(C(=O)N(C)CC(O)C2CC2)cc1. The molecule has 0 bridgehead atoms. The zero-order valence-corrected chi connectivity index (χ0v) is 14.9. The van der Waals surface area contributed by atoms with Crippen molar-refractivity contribution in [1.82, 2.24) is 10.1 Å². The van der Waals surface area contributed by atoms with E-state index >= 15 is 0 Å². The first-order valence-corrected chi connectivity index (χ1v) is 8.54. The van der Waals surface area contributed by atoms with Gasteiger partial charge >= 0.3 is 0 Å². The third-order valence-corrected chi connectivity index (χ3v) is 4.64. The fraction of sp³-hybridized carbons (Fsp3) is 0.474. The number of hydrogen-bond donors (Lipinski definition) is 1. The van der Waals surface area contributed by atoms with E-state index in [-0.39, 0.29) is 5.91 Å². The van der Waals surface area contributed by atoms with Crippen molar-refractivity contribution in [2.75, 3.05) is 13.6 Å². The molecule has 1 fully saturated rings. The van der Waals surface area contributed by atoms with Crippen molar-refractivity contribution in [1.29, 1.82) is 0 Å². The Balaban J connectivity index is 1.56. The third kappa shape index (κ3) is 4.20. The molecule has 1 aromatic carbocycles. The molecule has 1 saturated carbocycles. The van der Waals surface area contributed by atoms with Crippen LogP contribution in [0.5, 0.6) is 5.75 Å². The molecule has 0 spiro atoms. The van der Waals surface area contributed by atoms with Gasteiger partial charge in [0, 0.05) is 19.2 Å².